The van der Waals surface area contributed by atoms with E-state index in [1.165, 1.54) is 5.56 Å². The lowest BCUT2D eigenvalue weighted by Gasteiger charge is -2.03. The number of phenols is 1. The van der Waals surface area contributed by atoms with Crippen LogP contribution in [0, 0.1) is 0 Å². The maximum Gasteiger partial charge on any atom is 0.396 e. The third-order valence-corrected chi connectivity index (χ3v) is 4.67. The monoisotopic (exact) mass is 304 g/mol. The Morgan fingerprint density at radius 1 is 1.20 bits per heavy atom. The average Bonchev–Trinajstić information content (AvgIpc) is 2.80. The largest absolute Gasteiger partial charge is 0.508 e. The third-order valence-electron chi connectivity index (χ3n) is 2.88. The molecule has 3 aromatic rings. The molecule has 0 saturated heterocycles. The van der Waals surface area contributed by atoms with E-state index in [4.69, 9.17) is 4.42 Å². The molecule has 5 heteroatoms. The number of thioether (sulfide) groups is 1. The summed E-state index contributed by atoms with van der Waals surface area (Å²) in [5.74, 6) is 1.03. The van der Waals surface area contributed by atoms with Crippen molar-refractivity contribution in [2.45, 2.75) is 11.3 Å². The summed E-state index contributed by atoms with van der Waals surface area (Å²) in [5.41, 5.74) is 1.85. The van der Waals surface area contributed by atoms with Gasteiger partial charge in [-0.05, 0) is 18.1 Å². The van der Waals surface area contributed by atoms with Gasteiger partial charge < -0.3 is 9.52 Å². The topological polar surface area (TPSA) is 50.4 Å². The fourth-order valence-corrected chi connectivity index (χ4v) is 3.80. The highest BCUT2D eigenvalue weighted by atomic mass is 32.2. The summed E-state index contributed by atoms with van der Waals surface area (Å²) in [6.45, 7) is 0. The number of benzene rings is 2. The first-order chi connectivity index (χ1) is 9.72. The van der Waals surface area contributed by atoms with E-state index >= 15 is 0 Å². The Kier molecular flexibility index (Phi) is 3.80. The van der Waals surface area contributed by atoms with Crippen molar-refractivity contribution in [2.24, 2.45) is 0 Å². The van der Waals surface area contributed by atoms with E-state index < -0.39 is 0 Å². The molecule has 1 N–H and O–H groups in total. The van der Waals surface area contributed by atoms with Crippen molar-refractivity contribution in [3.8, 4) is 5.75 Å². The Bertz CT molecular complexity index is 775. The number of phenolic OH excluding ortho intramolecular Hbond substituents is 1. The van der Waals surface area contributed by atoms with Gasteiger partial charge in [-0.25, -0.2) is 4.79 Å². The zero-order valence-electron chi connectivity index (χ0n) is 10.5. The molecule has 1 heterocycles. The zero-order chi connectivity index (χ0) is 13.9. The summed E-state index contributed by atoms with van der Waals surface area (Å²) in [7, 11) is 0. The van der Waals surface area contributed by atoms with Gasteiger partial charge in [0.05, 0.1) is 9.60 Å². The van der Waals surface area contributed by atoms with E-state index in [1.807, 2.05) is 18.2 Å². The van der Waals surface area contributed by atoms with Gasteiger partial charge in [-0.15, -0.1) is 11.8 Å². The Hall–Kier alpha value is -1.72. The van der Waals surface area contributed by atoms with Crippen LogP contribution in [0.4, 0.5) is 0 Å². The molecule has 0 bridgehead atoms. The predicted octanol–water partition coefficient (Wildman–Crippen LogP) is 3.89. The van der Waals surface area contributed by atoms with Crippen LogP contribution in [0.2, 0.25) is 0 Å². The third kappa shape index (κ3) is 2.89. The van der Waals surface area contributed by atoms with Gasteiger partial charge in [0.15, 0.2) is 5.58 Å². The lowest BCUT2D eigenvalue weighted by atomic mass is 10.2. The van der Waals surface area contributed by atoms with Crippen LogP contribution in [-0.4, -0.2) is 10.9 Å². The molecule has 0 radical (unpaired) electrons. The highest BCUT2D eigenvalue weighted by molar-refractivity contribution is 7.99. The zero-order valence-corrected chi connectivity index (χ0v) is 12.2. The molecule has 3 nitrogen and oxygen atoms in total. The minimum atomic E-state index is -0.337. The molecule has 0 unspecified atom stereocenters. The summed E-state index contributed by atoms with van der Waals surface area (Å²) >= 11 is 2.60. The molecule has 0 saturated carbocycles. The normalized spacial score (nSPS) is 11.0. The van der Waals surface area contributed by atoms with E-state index in [-0.39, 0.29) is 10.7 Å². The van der Waals surface area contributed by atoms with Crippen molar-refractivity contribution in [2.75, 3.05) is 5.75 Å². The summed E-state index contributed by atoms with van der Waals surface area (Å²) in [4.78, 5) is 11.8. The molecule has 20 heavy (non-hydrogen) atoms. The molecule has 0 aliphatic carbocycles. The minimum Gasteiger partial charge on any atom is -0.508 e. The van der Waals surface area contributed by atoms with Crippen molar-refractivity contribution in [3.63, 3.8) is 0 Å². The molecule has 0 aliphatic rings. The summed E-state index contributed by atoms with van der Waals surface area (Å²) in [5, 5.41) is 9.69. The minimum absolute atomic E-state index is 0.164. The molecule has 102 valence electrons. The van der Waals surface area contributed by atoms with Gasteiger partial charge in [0.25, 0.3) is 0 Å². The predicted molar refractivity (Wildman–Crippen MR) is 82.9 cm³/mol. The Labute approximate surface area is 123 Å². The van der Waals surface area contributed by atoms with Crippen LogP contribution in [-0.2, 0) is 6.42 Å². The molecule has 1 aromatic heterocycles. The fourth-order valence-electron chi connectivity index (χ4n) is 1.96. The standard InChI is InChI=1S/C15H12O3S2/c16-11-8-12(14-13(9-11)20-15(17)18-14)19-7-6-10-4-2-1-3-5-10/h1-5,8-9,16H,6-7H2. The molecule has 0 fully saturated rings. The first-order valence-electron chi connectivity index (χ1n) is 6.16. The maximum absolute atomic E-state index is 11.3. The number of aryl methyl sites for hydroxylation is 1. The molecule has 0 aliphatic heterocycles. The molecule has 2 aromatic carbocycles. The Balaban J connectivity index is 1.79. The van der Waals surface area contributed by atoms with Gasteiger partial charge in [0, 0.05) is 11.8 Å². The van der Waals surface area contributed by atoms with Crippen molar-refractivity contribution >= 4 is 33.4 Å². The van der Waals surface area contributed by atoms with Gasteiger partial charge in [0.2, 0.25) is 0 Å². The maximum atomic E-state index is 11.3. The second-order valence-corrected chi connectivity index (χ2v) is 6.42. The van der Waals surface area contributed by atoms with Crippen LogP contribution in [0.1, 0.15) is 5.56 Å². The van der Waals surface area contributed by atoms with Crippen LogP contribution >= 0.6 is 23.1 Å². The molecule has 3 rings (SSSR count). The second-order valence-electron chi connectivity index (χ2n) is 4.31. The van der Waals surface area contributed by atoms with Crippen LogP contribution in [0.15, 0.2) is 56.6 Å². The first kappa shape index (κ1) is 13.3. The lowest BCUT2D eigenvalue weighted by molar-refractivity contribution is 0.474. The van der Waals surface area contributed by atoms with E-state index in [1.54, 1.807) is 23.9 Å². The second kappa shape index (κ2) is 5.73. The molecular weight excluding hydrogens is 292 g/mol. The quantitative estimate of drug-likeness (QED) is 0.743. The molecular formula is C15H12O3S2. The van der Waals surface area contributed by atoms with Gasteiger partial charge in [-0.1, -0.05) is 41.7 Å². The molecule has 0 spiro atoms. The first-order valence-corrected chi connectivity index (χ1v) is 7.96. The van der Waals surface area contributed by atoms with Gasteiger partial charge in [-0.2, -0.15) is 0 Å². The van der Waals surface area contributed by atoms with Crippen molar-refractivity contribution < 1.29 is 9.52 Å². The number of hydrogen-bond acceptors (Lipinski definition) is 5. The summed E-state index contributed by atoms with van der Waals surface area (Å²) in [6, 6.07) is 13.4. The van der Waals surface area contributed by atoms with E-state index in [0.717, 1.165) is 28.4 Å². The number of fused-ring (bicyclic) bond motifs is 1. The highest BCUT2D eigenvalue weighted by Gasteiger charge is 2.10. The van der Waals surface area contributed by atoms with Crippen molar-refractivity contribution in [3.05, 3.63) is 57.8 Å². The lowest BCUT2D eigenvalue weighted by Crippen LogP contribution is -1.88. The van der Waals surface area contributed by atoms with E-state index in [9.17, 15) is 9.90 Å². The SMILES string of the molecule is O=c1oc2c(SCCc3ccccc3)cc(O)cc2s1. The number of rotatable bonds is 4. The Morgan fingerprint density at radius 3 is 2.80 bits per heavy atom. The smallest absolute Gasteiger partial charge is 0.396 e. The van der Waals surface area contributed by atoms with E-state index in [2.05, 4.69) is 12.1 Å². The molecule has 0 atom stereocenters. The van der Waals surface area contributed by atoms with Crippen molar-refractivity contribution in [1.29, 1.82) is 0 Å². The fraction of sp³-hybridized carbons (Fsp3) is 0.133. The number of aromatic hydroxyl groups is 1. The van der Waals surface area contributed by atoms with Gasteiger partial charge in [0.1, 0.15) is 5.75 Å². The summed E-state index contributed by atoms with van der Waals surface area (Å²) in [6.07, 6.45) is 0.928. The van der Waals surface area contributed by atoms with Crippen molar-refractivity contribution in [1.82, 2.24) is 0 Å². The highest BCUT2D eigenvalue weighted by Crippen LogP contribution is 2.33. The van der Waals surface area contributed by atoms with E-state index in [0.29, 0.717) is 10.3 Å². The van der Waals surface area contributed by atoms with Gasteiger partial charge >= 0.3 is 4.94 Å². The van der Waals surface area contributed by atoms with Crippen LogP contribution < -0.4 is 4.94 Å². The van der Waals surface area contributed by atoms with Gasteiger partial charge in [-0.3, -0.25) is 0 Å². The van der Waals surface area contributed by atoms with Crippen LogP contribution in [0.3, 0.4) is 0 Å². The average molecular weight is 304 g/mol. The molecule has 0 amide bonds. The summed E-state index contributed by atoms with van der Waals surface area (Å²) < 4.78 is 5.88. The van der Waals surface area contributed by atoms with Crippen LogP contribution in [0.25, 0.3) is 10.3 Å². The Morgan fingerprint density at radius 2 is 2.00 bits per heavy atom. The number of hydrogen-bond donors (Lipinski definition) is 1. The van der Waals surface area contributed by atoms with Crippen LogP contribution in [0.5, 0.6) is 5.75 Å².